The zero-order valence-corrected chi connectivity index (χ0v) is 19.1. The summed E-state index contributed by atoms with van der Waals surface area (Å²) in [6.45, 7) is -0.467. The van der Waals surface area contributed by atoms with Gasteiger partial charge in [-0.1, -0.05) is 35.9 Å². The van der Waals surface area contributed by atoms with Crippen LogP contribution in [-0.4, -0.2) is 31.5 Å². The number of hydrogen-bond donors (Lipinski definition) is 2. The van der Waals surface area contributed by atoms with E-state index in [1.807, 2.05) is 6.07 Å². The van der Waals surface area contributed by atoms with Crippen molar-refractivity contribution in [3.05, 3.63) is 77.8 Å². The first-order valence-electron chi connectivity index (χ1n) is 10.4. The van der Waals surface area contributed by atoms with E-state index in [2.05, 4.69) is 10.6 Å². The fraction of sp³-hybridized carbons (Fsp3) is 0.160. The summed E-state index contributed by atoms with van der Waals surface area (Å²) in [6.07, 6.45) is -0.258. The molecule has 8 nitrogen and oxygen atoms in total. The minimum atomic E-state index is -0.659. The Kier molecular flexibility index (Phi) is 8.88. The number of hydrogen-bond acceptors (Lipinski definition) is 6. The third-order valence-electron chi connectivity index (χ3n) is 4.50. The van der Waals surface area contributed by atoms with Crippen LogP contribution in [0.2, 0.25) is 5.02 Å². The molecular formula is C25H23ClN2O6. The van der Waals surface area contributed by atoms with Gasteiger partial charge in [-0.05, 0) is 48.5 Å². The van der Waals surface area contributed by atoms with Crippen LogP contribution < -0.4 is 20.1 Å². The van der Waals surface area contributed by atoms with Crippen LogP contribution in [0.15, 0.2) is 72.8 Å². The number of methoxy groups -OCH3 is 1. The largest absolute Gasteiger partial charge is 0.495 e. The van der Waals surface area contributed by atoms with Gasteiger partial charge in [0.15, 0.2) is 6.61 Å². The van der Waals surface area contributed by atoms with Gasteiger partial charge in [-0.3, -0.25) is 14.4 Å². The van der Waals surface area contributed by atoms with Crippen molar-refractivity contribution >= 4 is 40.8 Å². The summed E-state index contributed by atoms with van der Waals surface area (Å²) in [4.78, 5) is 36.0. The Morgan fingerprint density at radius 1 is 0.794 bits per heavy atom. The number of benzene rings is 3. The third-order valence-corrected chi connectivity index (χ3v) is 4.82. The number of nitrogens with one attached hydrogen (secondary N) is 2. The molecule has 3 aromatic rings. The van der Waals surface area contributed by atoms with Crippen molar-refractivity contribution in [3.8, 4) is 17.2 Å². The molecule has 9 heteroatoms. The summed E-state index contributed by atoms with van der Waals surface area (Å²) < 4.78 is 15.8. The fourth-order valence-electron chi connectivity index (χ4n) is 2.85. The maximum absolute atomic E-state index is 12.1. The van der Waals surface area contributed by atoms with Gasteiger partial charge < -0.3 is 24.8 Å². The lowest BCUT2D eigenvalue weighted by atomic mass is 10.2. The minimum Gasteiger partial charge on any atom is -0.495 e. The van der Waals surface area contributed by atoms with Crippen LogP contribution in [0.25, 0.3) is 0 Å². The molecule has 0 heterocycles. The highest BCUT2D eigenvalue weighted by molar-refractivity contribution is 6.32. The Labute approximate surface area is 201 Å². The van der Waals surface area contributed by atoms with Gasteiger partial charge in [0.2, 0.25) is 5.91 Å². The fourth-order valence-corrected chi connectivity index (χ4v) is 3.03. The highest BCUT2D eigenvalue weighted by atomic mass is 35.5. The predicted molar refractivity (Wildman–Crippen MR) is 128 cm³/mol. The number of carbonyl (C=O) groups excluding carboxylic acids is 3. The minimum absolute atomic E-state index is 0.0924. The van der Waals surface area contributed by atoms with E-state index in [0.29, 0.717) is 33.6 Å². The molecule has 0 unspecified atom stereocenters. The van der Waals surface area contributed by atoms with Gasteiger partial charge in [0.05, 0.1) is 24.2 Å². The number of amides is 2. The lowest BCUT2D eigenvalue weighted by Gasteiger charge is -2.10. The average molecular weight is 483 g/mol. The summed E-state index contributed by atoms with van der Waals surface area (Å²) in [5, 5.41) is 5.78. The number of halogens is 1. The van der Waals surface area contributed by atoms with Gasteiger partial charge in [0.1, 0.15) is 17.2 Å². The van der Waals surface area contributed by atoms with Crippen LogP contribution in [0, 0.1) is 0 Å². The second-order valence-corrected chi connectivity index (χ2v) is 7.42. The quantitative estimate of drug-likeness (QED) is 0.392. The van der Waals surface area contributed by atoms with Gasteiger partial charge in [0, 0.05) is 12.1 Å². The summed E-state index contributed by atoms with van der Waals surface area (Å²) in [6, 6.07) is 20.7. The molecule has 0 spiro atoms. The Balaban J connectivity index is 1.38. The van der Waals surface area contributed by atoms with Crippen molar-refractivity contribution in [2.75, 3.05) is 24.4 Å². The molecule has 0 saturated carbocycles. The second-order valence-electron chi connectivity index (χ2n) is 7.01. The van der Waals surface area contributed by atoms with Crippen molar-refractivity contribution in [3.63, 3.8) is 0 Å². The molecule has 3 rings (SSSR count). The summed E-state index contributed by atoms with van der Waals surface area (Å²) in [5.41, 5.74) is 1.01. The number of ether oxygens (including phenoxy) is 3. The molecule has 0 fully saturated rings. The lowest BCUT2D eigenvalue weighted by molar-refractivity contribution is -0.147. The zero-order chi connectivity index (χ0) is 24.3. The predicted octanol–water partition coefficient (Wildman–Crippen LogP) is 5.04. The molecule has 0 bridgehead atoms. The molecule has 3 aromatic carbocycles. The van der Waals surface area contributed by atoms with Crippen LogP contribution in [0.4, 0.5) is 11.4 Å². The lowest BCUT2D eigenvalue weighted by Crippen LogP contribution is -2.22. The Hall–Kier alpha value is -4.04. The van der Waals surface area contributed by atoms with Crippen molar-refractivity contribution in [1.82, 2.24) is 0 Å². The van der Waals surface area contributed by atoms with Crippen molar-refractivity contribution in [2.45, 2.75) is 12.8 Å². The van der Waals surface area contributed by atoms with Gasteiger partial charge in [0.25, 0.3) is 5.91 Å². The van der Waals surface area contributed by atoms with Crippen molar-refractivity contribution < 1.29 is 28.6 Å². The van der Waals surface area contributed by atoms with Crippen LogP contribution in [0.5, 0.6) is 17.2 Å². The maximum atomic E-state index is 12.1. The molecule has 0 aliphatic heterocycles. The monoisotopic (exact) mass is 482 g/mol. The van der Waals surface area contributed by atoms with E-state index < -0.39 is 18.5 Å². The number of carbonyl (C=O) groups is 3. The summed E-state index contributed by atoms with van der Waals surface area (Å²) >= 11 is 6.08. The molecule has 0 radical (unpaired) electrons. The highest BCUT2D eigenvalue weighted by Gasteiger charge is 2.12. The SMILES string of the molecule is COc1ccccc1NC(=O)COC(=O)CCC(=O)Nc1ccc(Oc2ccccc2Cl)cc1. The maximum Gasteiger partial charge on any atom is 0.306 e. The van der Waals surface area contributed by atoms with Crippen LogP contribution in [0.3, 0.4) is 0 Å². The first-order chi connectivity index (χ1) is 16.4. The van der Waals surface area contributed by atoms with E-state index in [1.165, 1.54) is 7.11 Å². The van der Waals surface area contributed by atoms with Gasteiger partial charge in [-0.15, -0.1) is 0 Å². The third kappa shape index (κ3) is 7.53. The van der Waals surface area contributed by atoms with Crippen LogP contribution in [-0.2, 0) is 19.1 Å². The van der Waals surface area contributed by atoms with Crippen molar-refractivity contribution in [1.29, 1.82) is 0 Å². The second kappa shape index (κ2) is 12.3. The van der Waals surface area contributed by atoms with E-state index in [9.17, 15) is 14.4 Å². The van der Waals surface area contributed by atoms with Crippen LogP contribution in [0.1, 0.15) is 12.8 Å². The Bertz CT molecular complexity index is 1150. The summed E-state index contributed by atoms with van der Waals surface area (Å²) in [5.74, 6) is 0.0323. The Morgan fingerprint density at radius 3 is 2.18 bits per heavy atom. The van der Waals surface area contributed by atoms with Crippen LogP contribution >= 0.6 is 11.6 Å². The molecule has 2 N–H and O–H groups in total. The normalized spacial score (nSPS) is 10.2. The average Bonchev–Trinajstić information content (AvgIpc) is 2.84. The highest BCUT2D eigenvalue weighted by Crippen LogP contribution is 2.29. The van der Waals surface area contributed by atoms with E-state index in [0.717, 1.165) is 0 Å². The van der Waals surface area contributed by atoms with E-state index in [-0.39, 0.29) is 18.7 Å². The molecule has 0 saturated heterocycles. The van der Waals surface area contributed by atoms with E-state index in [1.54, 1.807) is 66.7 Å². The Morgan fingerprint density at radius 2 is 1.47 bits per heavy atom. The molecule has 176 valence electrons. The molecular weight excluding hydrogens is 460 g/mol. The molecule has 34 heavy (non-hydrogen) atoms. The van der Waals surface area contributed by atoms with Gasteiger partial charge in [-0.2, -0.15) is 0 Å². The molecule has 0 atom stereocenters. The van der Waals surface area contributed by atoms with E-state index in [4.69, 9.17) is 25.8 Å². The first kappa shape index (κ1) is 24.6. The standard InChI is InChI=1S/C25H23ClN2O6/c1-32-22-9-5-3-7-20(22)28-24(30)16-33-25(31)15-14-23(29)27-17-10-12-18(13-11-17)34-21-8-4-2-6-19(21)26/h2-13H,14-16H2,1H3,(H,27,29)(H,28,30). The summed E-state index contributed by atoms with van der Waals surface area (Å²) in [7, 11) is 1.49. The molecule has 0 aliphatic rings. The van der Waals surface area contributed by atoms with Crippen molar-refractivity contribution in [2.24, 2.45) is 0 Å². The zero-order valence-electron chi connectivity index (χ0n) is 18.4. The first-order valence-corrected chi connectivity index (χ1v) is 10.7. The number of anilines is 2. The number of rotatable bonds is 10. The molecule has 0 aliphatic carbocycles. The molecule has 0 aromatic heterocycles. The smallest absolute Gasteiger partial charge is 0.306 e. The van der Waals surface area contributed by atoms with Gasteiger partial charge in [-0.25, -0.2) is 0 Å². The topological polar surface area (TPSA) is 103 Å². The van der Waals surface area contributed by atoms with Gasteiger partial charge >= 0.3 is 5.97 Å². The molecule has 2 amide bonds. The number of para-hydroxylation sites is 3. The van der Waals surface area contributed by atoms with E-state index >= 15 is 0 Å². The number of esters is 1.